The maximum Gasteiger partial charge on any atom is 0.356 e. The molecule has 1 aromatic heterocycles. The van der Waals surface area contributed by atoms with Crippen LogP contribution in [0.25, 0.3) is 0 Å². The third kappa shape index (κ3) is 4.59. The van der Waals surface area contributed by atoms with E-state index in [1.165, 1.54) is 36.4 Å². The predicted molar refractivity (Wildman–Crippen MR) is 126 cm³/mol. The number of hydrogen-bond acceptors (Lipinski definition) is 5. The third-order valence-corrected chi connectivity index (χ3v) is 7.74. The molecule has 1 N–H and O–H groups in total. The number of halogens is 1. The van der Waals surface area contributed by atoms with Gasteiger partial charge in [-0.1, -0.05) is 17.7 Å². The third-order valence-electron chi connectivity index (χ3n) is 7.50. The number of aromatic carboxylic acids is 1. The zero-order valence-corrected chi connectivity index (χ0v) is 19.5. The van der Waals surface area contributed by atoms with Gasteiger partial charge in [0.25, 0.3) is 0 Å². The predicted octanol–water partition coefficient (Wildman–Crippen LogP) is 3.79. The second-order valence-electron chi connectivity index (χ2n) is 9.65. The summed E-state index contributed by atoms with van der Waals surface area (Å²) in [7, 11) is 0. The first-order valence-corrected chi connectivity index (χ1v) is 12.1. The lowest BCUT2D eigenvalue weighted by atomic mass is 9.78. The average molecular weight is 472 g/mol. The van der Waals surface area contributed by atoms with E-state index in [2.05, 4.69) is 27.0 Å². The molecule has 0 saturated carbocycles. The first-order valence-electron chi connectivity index (χ1n) is 11.8. The summed E-state index contributed by atoms with van der Waals surface area (Å²) in [6.45, 7) is 6.60. The fourth-order valence-electron chi connectivity index (χ4n) is 5.60. The lowest BCUT2D eigenvalue weighted by Crippen LogP contribution is -2.45. The minimum absolute atomic E-state index is 0.112. The van der Waals surface area contributed by atoms with E-state index in [4.69, 9.17) is 16.7 Å². The van der Waals surface area contributed by atoms with Crippen LogP contribution in [0.15, 0.2) is 30.5 Å². The minimum atomic E-state index is -1.13. The number of benzene rings is 1. The second kappa shape index (κ2) is 8.99. The van der Waals surface area contributed by atoms with Gasteiger partial charge in [-0.3, -0.25) is 4.90 Å². The van der Waals surface area contributed by atoms with E-state index in [0.29, 0.717) is 13.1 Å². The van der Waals surface area contributed by atoms with Crippen molar-refractivity contribution in [3.05, 3.63) is 46.7 Å². The van der Waals surface area contributed by atoms with E-state index in [1.807, 2.05) is 6.07 Å². The van der Waals surface area contributed by atoms with Crippen LogP contribution in [-0.2, 0) is 6.54 Å². The Morgan fingerprint density at radius 1 is 1.03 bits per heavy atom. The van der Waals surface area contributed by atoms with Crippen molar-refractivity contribution in [2.45, 2.75) is 38.6 Å². The normalized spacial score (nSPS) is 20.6. The summed E-state index contributed by atoms with van der Waals surface area (Å²) >= 11 is 6.32. The smallest absolute Gasteiger partial charge is 0.356 e. The van der Waals surface area contributed by atoms with Gasteiger partial charge in [-0.25, -0.2) is 9.59 Å². The molecular weight excluding hydrogens is 442 g/mol. The Kier molecular flexibility index (Phi) is 6.05. The summed E-state index contributed by atoms with van der Waals surface area (Å²) in [4.78, 5) is 30.6. The molecule has 3 saturated heterocycles. The van der Waals surface area contributed by atoms with E-state index in [0.717, 1.165) is 61.7 Å². The monoisotopic (exact) mass is 471 g/mol. The molecule has 4 heterocycles. The van der Waals surface area contributed by atoms with Gasteiger partial charge in [-0.2, -0.15) is 9.78 Å². The van der Waals surface area contributed by atoms with Crippen LogP contribution in [-0.4, -0.2) is 76.0 Å². The second-order valence-corrected chi connectivity index (χ2v) is 10.1. The van der Waals surface area contributed by atoms with Gasteiger partial charge in [-0.15, -0.1) is 0 Å². The first kappa shape index (κ1) is 22.2. The Bertz CT molecular complexity index is 1040. The number of likely N-dealkylation sites (tertiary alicyclic amines) is 2. The first-order chi connectivity index (χ1) is 15.9. The number of amides is 1. The number of nitrogens with zero attached hydrogens (tertiary/aromatic N) is 5. The Balaban J connectivity index is 1.20. The van der Waals surface area contributed by atoms with Crippen molar-refractivity contribution in [2.75, 3.05) is 44.2 Å². The highest BCUT2D eigenvalue weighted by Crippen LogP contribution is 2.41. The number of hydrogen-bond donors (Lipinski definition) is 1. The molecular formula is C24H30ClN5O3. The van der Waals surface area contributed by atoms with Gasteiger partial charge >= 0.3 is 12.0 Å². The molecule has 0 atom stereocenters. The largest absolute Gasteiger partial charge is 0.476 e. The van der Waals surface area contributed by atoms with E-state index in [-0.39, 0.29) is 17.1 Å². The molecule has 1 amide bonds. The van der Waals surface area contributed by atoms with E-state index < -0.39 is 5.97 Å². The summed E-state index contributed by atoms with van der Waals surface area (Å²) in [6.07, 6.45) is 6.97. The molecule has 1 spiro atoms. The van der Waals surface area contributed by atoms with Gasteiger partial charge in [0.15, 0.2) is 5.69 Å². The van der Waals surface area contributed by atoms with Crippen LogP contribution in [0.3, 0.4) is 0 Å². The Labute approximate surface area is 198 Å². The molecule has 2 aromatic rings. The molecule has 1 aromatic carbocycles. The molecule has 33 heavy (non-hydrogen) atoms. The molecule has 176 valence electrons. The molecule has 8 nitrogen and oxygen atoms in total. The van der Waals surface area contributed by atoms with Crippen LogP contribution in [0.1, 0.15) is 48.2 Å². The molecule has 0 aliphatic carbocycles. The van der Waals surface area contributed by atoms with Crippen LogP contribution in [0.4, 0.5) is 10.5 Å². The fraction of sp³-hybridized carbons (Fsp3) is 0.542. The Hall–Kier alpha value is -2.58. The highest BCUT2D eigenvalue weighted by Gasteiger charge is 2.41. The molecule has 5 rings (SSSR count). The van der Waals surface area contributed by atoms with Gasteiger partial charge in [0.05, 0.1) is 0 Å². The summed E-state index contributed by atoms with van der Waals surface area (Å²) in [6, 6.07) is 7.40. The number of rotatable bonds is 4. The number of piperidine rings is 1. The number of anilines is 1. The van der Waals surface area contributed by atoms with Crippen LogP contribution >= 0.6 is 11.6 Å². The highest BCUT2D eigenvalue weighted by molar-refractivity contribution is 6.30. The van der Waals surface area contributed by atoms with Crippen LogP contribution in [0.5, 0.6) is 0 Å². The quantitative estimate of drug-likeness (QED) is 0.730. The summed E-state index contributed by atoms with van der Waals surface area (Å²) < 4.78 is 1.14. The van der Waals surface area contributed by atoms with E-state index >= 15 is 0 Å². The molecule has 3 aliphatic rings. The number of carbonyl (C=O) groups excluding carboxylic acids is 1. The van der Waals surface area contributed by atoms with Gasteiger partial charge in [-0.05, 0) is 67.8 Å². The Morgan fingerprint density at radius 3 is 2.45 bits per heavy atom. The van der Waals surface area contributed by atoms with Crippen molar-refractivity contribution in [3.63, 3.8) is 0 Å². The minimum Gasteiger partial charge on any atom is -0.476 e. The van der Waals surface area contributed by atoms with Crippen molar-refractivity contribution in [3.8, 4) is 0 Å². The van der Waals surface area contributed by atoms with E-state index in [9.17, 15) is 9.59 Å². The molecule has 0 radical (unpaired) electrons. The summed E-state index contributed by atoms with van der Waals surface area (Å²) in [5.41, 5.74) is 2.76. The number of carboxylic acids is 1. The molecule has 0 unspecified atom stereocenters. The fourth-order valence-corrected chi connectivity index (χ4v) is 5.76. The van der Waals surface area contributed by atoms with Crippen molar-refractivity contribution in [2.24, 2.45) is 5.41 Å². The lowest BCUT2D eigenvalue weighted by molar-refractivity contribution is 0.0689. The number of aromatic nitrogens is 2. The van der Waals surface area contributed by atoms with Crippen LogP contribution in [0, 0.1) is 5.41 Å². The van der Waals surface area contributed by atoms with Gasteiger partial charge in [0.2, 0.25) is 0 Å². The zero-order valence-electron chi connectivity index (χ0n) is 18.7. The molecule has 9 heteroatoms. The Morgan fingerprint density at radius 2 is 1.76 bits per heavy atom. The molecule has 3 fully saturated rings. The van der Waals surface area contributed by atoms with Crippen molar-refractivity contribution < 1.29 is 14.7 Å². The summed E-state index contributed by atoms with van der Waals surface area (Å²) in [5, 5.41) is 13.7. The van der Waals surface area contributed by atoms with Gasteiger partial charge < -0.3 is 14.9 Å². The van der Waals surface area contributed by atoms with Crippen LogP contribution in [0.2, 0.25) is 5.02 Å². The SMILES string of the molecule is O=C(O)c1ccn(C(=O)N2CCC3(CCN(Cc4ccc(Cl)cc4N4CCCC4)C3)CC2)n1. The molecule has 3 aliphatic heterocycles. The van der Waals surface area contributed by atoms with Crippen LogP contribution < -0.4 is 4.90 Å². The van der Waals surface area contributed by atoms with Gasteiger partial charge in [0.1, 0.15) is 0 Å². The van der Waals surface area contributed by atoms with Crippen molar-refractivity contribution in [1.29, 1.82) is 0 Å². The maximum absolute atomic E-state index is 12.7. The zero-order chi connectivity index (χ0) is 23.0. The highest BCUT2D eigenvalue weighted by atomic mass is 35.5. The van der Waals surface area contributed by atoms with Crippen molar-refractivity contribution in [1.82, 2.24) is 19.6 Å². The lowest BCUT2D eigenvalue weighted by Gasteiger charge is -2.39. The van der Waals surface area contributed by atoms with Crippen molar-refractivity contribution >= 4 is 29.3 Å². The topological polar surface area (TPSA) is 81.9 Å². The standard InChI is InChI=1S/C24H30ClN5O3/c25-19-4-3-18(21(15-19)28-9-1-2-10-28)16-27-12-6-24(17-27)7-13-29(14-8-24)23(33)30-11-5-20(26-30)22(31)32/h3-5,11,15H,1-2,6-10,12-14,16-17H2,(H,31,32). The average Bonchev–Trinajstić information content (AvgIpc) is 3.57. The molecule has 0 bridgehead atoms. The number of carbonyl (C=O) groups is 2. The maximum atomic E-state index is 12.7. The van der Waals surface area contributed by atoms with Gasteiger partial charge in [0, 0.05) is 56.2 Å². The number of carboxylic acid groups (broad SMARTS) is 1. The summed E-state index contributed by atoms with van der Waals surface area (Å²) in [5.74, 6) is -1.13. The van der Waals surface area contributed by atoms with E-state index in [1.54, 1.807) is 4.90 Å².